The Bertz CT molecular complexity index is 352. The molecule has 1 amide bonds. The molecule has 1 saturated heterocycles. The van der Waals surface area contributed by atoms with Crippen LogP contribution in [-0.2, 0) is 4.79 Å². The van der Waals surface area contributed by atoms with Crippen LogP contribution in [0.4, 0.5) is 5.00 Å². The van der Waals surface area contributed by atoms with E-state index in [1.807, 2.05) is 24.1 Å². The van der Waals surface area contributed by atoms with E-state index in [0.29, 0.717) is 0 Å². The van der Waals surface area contributed by atoms with Crippen LogP contribution < -0.4 is 10.2 Å². The van der Waals surface area contributed by atoms with E-state index in [9.17, 15) is 4.79 Å². The van der Waals surface area contributed by atoms with Crippen molar-refractivity contribution in [2.24, 2.45) is 0 Å². The van der Waals surface area contributed by atoms with Gasteiger partial charge in [-0.1, -0.05) is 0 Å². The number of anilines is 1. The third-order valence-electron chi connectivity index (χ3n) is 2.38. The monoisotopic (exact) mass is 274 g/mol. The number of halogens is 1. The molecule has 14 heavy (non-hydrogen) atoms. The molecular formula is C9H11BrN2OS. The van der Waals surface area contributed by atoms with Crippen molar-refractivity contribution in [3.05, 3.63) is 15.9 Å². The van der Waals surface area contributed by atoms with Gasteiger partial charge in [0.25, 0.3) is 0 Å². The Hall–Kier alpha value is -0.390. The predicted molar refractivity (Wildman–Crippen MR) is 61.8 cm³/mol. The quantitative estimate of drug-likeness (QED) is 0.893. The topological polar surface area (TPSA) is 32.3 Å². The third-order valence-corrected chi connectivity index (χ3v) is 4.03. The number of rotatable bonds is 2. The maximum Gasteiger partial charge on any atom is 0.244 e. The number of amides is 1. The van der Waals surface area contributed by atoms with Gasteiger partial charge in [-0.05, 0) is 41.5 Å². The summed E-state index contributed by atoms with van der Waals surface area (Å²) in [6.07, 6.45) is 0.894. The Labute approximate surface area is 95.2 Å². The van der Waals surface area contributed by atoms with E-state index in [4.69, 9.17) is 0 Å². The molecule has 0 spiro atoms. The zero-order chi connectivity index (χ0) is 10.1. The lowest BCUT2D eigenvalue weighted by Gasteiger charge is -2.13. The van der Waals surface area contributed by atoms with Crippen molar-refractivity contribution in [1.29, 1.82) is 0 Å². The minimum absolute atomic E-state index is 0.00382. The van der Waals surface area contributed by atoms with Crippen LogP contribution in [0, 0.1) is 0 Å². The molecule has 1 fully saturated rings. The molecule has 1 N–H and O–H groups in total. The van der Waals surface area contributed by atoms with Gasteiger partial charge in [0.15, 0.2) is 0 Å². The highest BCUT2D eigenvalue weighted by Crippen LogP contribution is 2.32. The molecule has 76 valence electrons. The fourth-order valence-corrected chi connectivity index (χ4v) is 3.01. The molecule has 1 aromatic rings. The number of likely N-dealkylation sites (N-methyl/N-ethyl adjacent to an activating group) is 1. The lowest BCUT2D eigenvalue weighted by atomic mass is 10.3. The Balaban J connectivity index is 2.17. The lowest BCUT2D eigenvalue weighted by molar-refractivity contribution is -0.118. The standard InChI is InChI=1S/C9H11BrN2OS/c1-11-6-4-5-12(9(6)13)8-3-2-7(10)14-8/h2-3,6,11H,4-5H2,1H3. The summed E-state index contributed by atoms with van der Waals surface area (Å²) in [7, 11) is 1.83. The highest BCUT2D eigenvalue weighted by molar-refractivity contribution is 9.11. The van der Waals surface area contributed by atoms with Crippen molar-refractivity contribution in [3.8, 4) is 0 Å². The van der Waals surface area contributed by atoms with Gasteiger partial charge in [0, 0.05) is 6.54 Å². The number of hydrogen-bond acceptors (Lipinski definition) is 3. The first-order chi connectivity index (χ1) is 6.72. The molecule has 1 aliphatic rings. The van der Waals surface area contributed by atoms with Gasteiger partial charge in [0.1, 0.15) is 0 Å². The first-order valence-electron chi connectivity index (χ1n) is 4.46. The lowest BCUT2D eigenvalue weighted by Crippen LogP contribution is -2.35. The summed E-state index contributed by atoms with van der Waals surface area (Å²) in [5.74, 6) is 0.182. The Morgan fingerprint density at radius 1 is 1.64 bits per heavy atom. The van der Waals surface area contributed by atoms with Gasteiger partial charge in [-0.3, -0.25) is 4.79 Å². The minimum Gasteiger partial charge on any atom is -0.309 e. The van der Waals surface area contributed by atoms with Crippen LogP contribution in [-0.4, -0.2) is 25.5 Å². The molecule has 0 aromatic carbocycles. The molecule has 1 atom stereocenters. The number of carbonyl (C=O) groups excluding carboxylic acids is 1. The fourth-order valence-electron chi connectivity index (χ4n) is 1.62. The average molecular weight is 275 g/mol. The molecule has 0 aliphatic carbocycles. The summed E-state index contributed by atoms with van der Waals surface area (Å²) < 4.78 is 1.06. The summed E-state index contributed by atoms with van der Waals surface area (Å²) in [4.78, 5) is 13.6. The van der Waals surface area contributed by atoms with Crippen LogP contribution in [0.2, 0.25) is 0 Å². The van der Waals surface area contributed by atoms with E-state index in [1.165, 1.54) is 0 Å². The largest absolute Gasteiger partial charge is 0.309 e. The van der Waals surface area contributed by atoms with Crippen molar-refractivity contribution in [2.45, 2.75) is 12.5 Å². The van der Waals surface area contributed by atoms with Gasteiger partial charge in [-0.25, -0.2) is 0 Å². The van der Waals surface area contributed by atoms with Crippen LogP contribution in [0.15, 0.2) is 15.9 Å². The van der Waals surface area contributed by atoms with Gasteiger partial charge in [-0.2, -0.15) is 0 Å². The molecule has 3 nitrogen and oxygen atoms in total. The van der Waals surface area contributed by atoms with Crippen LogP contribution in [0.5, 0.6) is 0 Å². The second-order valence-electron chi connectivity index (χ2n) is 3.20. The molecule has 1 aliphatic heterocycles. The molecule has 0 bridgehead atoms. The zero-order valence-corrected chi connectivity index (χ0v) is 10.2. The smallest absolute Gasteiger partial charge is 0.244 e. The van der Waals surface area contributed by atoms with Gasteiger partial charge in [0.2, 0.25) is 5.91 Å². The summed E-state index contributed by atoms with van der Waals surface area (Å²) in [6.45, 7) is 0.817. The normalized spacial score (nSPS) is 22.0. The zero-order valence-electron chi connectivity index (χ0n) is 7.79. The highest BCUT2D eigenvalue weighted by Gasteiger charge is 2.31. The van der Waals surface area contributed by atoms with Crippen LogP contribution in [0.3, 0.4) is 0 Å². The van der Waals surface area contributed by atoms with E-state index in [-0.39, 0.29) is 11.9 Å². The number of nitrogens with zero attached hydrogens (tertiary/aromatic N) is 1. The van der Waals surface area contributed by atoms with Crippen molar-refractivity contribution < 1.29 is 4.79 Å². The van der Waals surface area contributed by atoms with Gasteiger partial charge in [0.05, 0.1) is 14.8 Å². The molecule has 5 heteroatoms. The Kier molecular flexibility index (Phi) is 2.90. The van der Waals surface area contributed by atoms with Crippen molar-refractivity contribution in [2.75, 3.05) is 18.5 Å². The van der Waals surface area contributed by atoms with Crippen LogP contribution in [0.25, 0.3) is 0 Å². The summed E-state index contributed by atoms with van der Waals surface area (Å²) in [5.41, 5.74) is 0. The average Bonchev–Trinajstić information content (AvgIpc) is 2.72. The summed E-state index contributed by atoms with van der Waals surface area (Å²) >= 11 is 4.99. The van der Waals surface area contributed by atoms with Crippen LogP contribution >= 0.6 is 27.3 Å². The van der Waals surface area contributed by atoms with E-state index < -0.39 is 0 Å². The molecule has 2 rings (SSSR count). The van der Waals surface area contributed by atoms with Crippen molar-refractivity contribution in [3.63, 3.8) is 0 Å². The van der Waals surface area contributed by atoms with Gasteiger partial charge < -0.3 is 10.2 Å². The second kappa shape index (κ2) is 4.00. The van der Waals surface area contributed by atoms with E-state index in [2.05, 4.69) is 21.2 Å². The number of carbonyl (C=O) groups is 1. The molecule has 1 unspecified atom stereocenters. The maximum atomic E-state index is 11.8. The third kappa shape index (κ3) is 1.71. The first-order valence-corrected chi connectivity index (χ1v) is 6.07. The second-order valence-corrected chi connectivity index (χ2v) is 5.64. The first kappa shape index (κ1) is 10.1. The van der Waals surface area contributed by atoms with E-state index in [0.717, 1.165) is 21.8 Å². The summed E-state index contributed by atoms with van der Waals surface area (Å²) in [5, 5.41) is 4.05. The SMILES string of the molecule is CNC1CCN(c2ccc(Br)s2)C1=O. The highest BCUT2D eigenvalue weighted by atomic mass is 79.9. The number of hydrogen-bond donors (Lipinski definition) is 1. The fraction of sp³-hybridized carbons (Fsp3) is 0.444. The Morgan fingerprint density at radius 2 is 2.43 bits per heavy atom. The molecule has 1 aromatic heterocycles. The van der Waals surface area contributed by atoms with Crippen molar-refractivity contribution >= 4 is 38.2 Å². The van der Waals surface area contributed by atoms with Crippen LogP contribution in [0.1, 0.15) is 6.42 Å². The molecule has 0 saturated carbocycles. The van der Waals surface area contributed by atoms with E-state index in [1.54, 1.807) is 11.3 Å². The maximum absolute atomic E-state index is 11.8. The number of nitrogens with one attached hydrogen (secondary N) is 1. The van der Waals surface area contributed by atoms with Crippen molar-refractivity contribution in [1.82, 2.24) is 5.32 Å². The predicted octanol–water partition coefficient (Wildman–Crippen LogP) is 1.84. The molecule has 0 radical (unpaired) electrons. The van der Waals surface area contributed by atoms with Gasteiger partial charge >= 0.3 is 0 Å². The summed E-state index contributed by atoms with van der Waals surface area (Å²) in [6, 6.07) is 3.95. The molecular weight excluding hydrogens is 264 g/mol. The van der Waals surface area contributed by atoms with Gasteiger partial charge in [-0.15, -0.1) is 11.3 Å². The molecule has 2 heterocycles. The Morgan fingerprint density at radius 3 is 2.93 bits per heavy atom. The minimum atomic E-state index is -0.00382. The van der Waals surface area contributed by atoms with E-state index >= 15 is 0 Å². The number of thiophene rings is 1.